The van der Waals surface area contributed by atoms with Crippen molar-refractivity contribution < 1.29 is 23.5 Å². The summed E-state index contributed by atoms with van der Waals surface area (Å²) in [6.45, 7) is 3.04. The molecule has 1 rings (SSSR count). The number of halogens is 2. The molecule has 0 spiro atoms. The van der Waals surface area contributed by atoms with E-state index in [0.717, 1.165) is 23.9 Å². The summed E-state index contributed by atoms with van der Waals surface area (Å²) >= 11 is 0.880. The van der Waals surface area contributed by atoms with Crippen molar-refractivity contribution in [3.63, 3.8) is 0 Å². The van der Waals surface area contributed by atoms with Crippen molar-refractivity contribution in [2.24, 2.45) is 0 Å². The summed E-state index contributed by atoms with van der Waals surface area (Å²) in [6.07, 6.45) is 0.226. The molecule has 1 aromatic carbocycles. The quantitative estimate of drug-likeness (QED) is 0.792. The molecule has 1 unspecified atom stereocenters. The molecule has 0 aliphatic carbocycles. The molecule has 1 aromatic rings. The minimum Gasteiger partial charge on any atom is -0.480 e. The van der Waals surface area contributed by atoms with E-state index in [9.17, 15) is 18.4 Å². The van der Waals surface area contributed by atoms with E-state index >= 15 is 0 Å². The van der Waals surface area contributed by atoms with Gasteiger partial charge in [-0.3, -0.25) is 4.79 Å². The molecule has 0 aliphatic rings. The molecule has 0 saturated heterocycles. The van der Waals surface area contributed by atoms with Gasteiger partial charge in [-0.15, -0.1) is 11.8 Å². The summed E-state index contributed by atoms with van der Waals surface area (Å²) in [6, 6.07) is 3.06. The minimum absolute atomic E-state index is 0.134. The fourth-order valence-electron chi connectivity index (χ4n) is 1.37. The highest BCUT2D eigenvalue weighted by atomic mass is 32.2. The standard InChI is InChI=1S/C13H15F2NO3S/c1-3-13(2,12(18)19)16-11(17)7-20-10-5-4-8(14)6-9(10)15/h4-6H,3,7H2,1-2H3,(H,16,17)(H,18,19). The number of rotatable bonds is 6. The zero-order valence-corrected chi connectivity index (χ0v) is 11.9. The lowest BCUT2D eigenvalue weighted by molar-refractivity contribution is -0.146. The van der Waals surface area contributed by atoms with Crippen molar-refractivity contribution in [2.75, 3.05) is 5.75 Å². The third kappa shape index (κ3) is 4.19. The van der Waals surface area contributed by atoms with E-state index < -0.39 is 29.0 Å². The Kier molecular flexibility index (Phi) is 5.50. The third-order valence-corrected chi connectivity index (χ3v) is 3.90. The Bertz CT molecular complexity index is 524. The average molecular weight is 303 g/mol. The highest BCUT2D eigenvalue weighted by molar-refractivity contribution is 8.00. The molecule has 110 valence electrons. The van der Waals surface area contributed by atoms with Gasteiger partial charge in [0, 0.05) is 11.0 Å². The summed E-state index contributed by atoms with van der Waals surface area (Å²) in [5.41, 5.74) is -1.35. The monoisotopic (exact) mass is 303 g/mol. The second-order valence-corrected chi connectivity index (χ2v) is 5.42. The number of aliphatic carboxylic acids is 1. The van der Waals surface area contributed by atoms with Gasteiger partial charge in [0.05, 0.1) is 5.75 Å². The number of thioether (sulfide) groups is 1. The maximum absolute atomic E-state index is 13.3. The fraction of sp³-hybridized carbons (Fsp3) is 0.385. The van der Waals surface area contributed by atoms with Gasteiger partial charge in [-0.1, -0.05) is 6.92 Å². The van der Waals surface area contributed by atoms with Crippen molar-refractivity contribution in [3.05, 3.63) is 29.8 Å². The highest BCUT2D eigenvalue weighted by Gasteiger charge is 2.32. The van der Waals surface area contributed by atoms with Crippen LogP contribution in [-0.4, -0.2) is 28.3 Å². The number of carboxylic acid groups (broad SMARTS) is 1. The normalized spacial score (nSPS) is 13.6. The van der Waals surface area contributed by atoms with Gasteiger partial charge in [0.15, 0.2) is 0 Å². The first-order valence-corrected chi connectivity index (χ1v) is 6.89. The molecule has 0 saturated carbocycles. The lowest BCUT2D eigenvalue weighted by Gasteiger charge is -2.24. The number of hydrogen-bond donors (Lipinski definition) is 2. The molecule has 2 N–H and O–H groups in total. The number of carboxylic acids is 1. The maximum atomic E-state index is 13.3. The van der Waals surface area contributed by atoms with Crippen LogP contribution in [0.25, 0.3) is 0 Å². The fourth-order valence-corrected chi connectivity index (χ4v) is 2.09. The highest BCUT2D eigenvalue weighted by Crippen LogP contribution is 2.22. The summed E-state index contributed by atoms with van der Waals surface area (Å²) in [5, 5.41) is 11.4. The molecule has 1 amide bonds. The molecule has 0 bridgehead atoms. The van der Waals surface area contributed by atoms with E-state index in [1.165, 1.54) is 13.0 Å². The van der Waals surface area contributed by atoms with Gasteiger partial charge >= 0.3 is 5.97 Å². The van der Waals surface area contributed by atoms with E-state index in [-0.39, 0.29) is 17.1 Å². The minimum atomic E-state index is -1.35. The molecule has 0 aromatic heterocycles. The molecule has 7 heteroatoms. The van der Waals surface area contributed by atoms with Crippen LogP contribution in [0.5, 0.6) is 0 Å². The number of amides is 1. The Morgan fingerprint density at radius 2 is 2.05 bits per heavy atom. The first kappa shape index (κ1) is 16.4. The molecular formula is C13H15F2NO3S. The Balaban J connectivity index is 2.62. The first-order valence-electron chi connectivity index (χ1n) is 5.90. The number of hydrogen-bond acceptors (Lipinski definition) is 3. The van der Waals surface area contributed by atoms with Gasteiger partial charge in [-0.2, -0.15) is 0 Å². The van der Waals surface area contributed by atoms with Crippen molar-refractivity contribution in [1.29, 1.82) is 0 Å². The van der Waals surface area contributed by atoms with Crippen LogP contribution in [0.3, 0.4) is 0 Å². The number of nitrogens with one attached hydrogen (secondary N) is 1. The zero-order valence-electron chi connectivity index (χ0n) is 11.1. The second-order valence-electron chi connectivity index (χ2n) is 4.40. The van der Waals surface area contributed by atoms with Crippen LogP contribution >= 0.6 is 11.8 Å². The third-order valence-electron chi connectivity index (χ3n) is 2.85. The SMILES string of the molecule is CCC(C)(NC(=O)CSc1ccc(F)cc1F)C(=O)O. The molecule has 0 radical (unpaired) electrons. The molecular weight excluding hydrogens is 288 g/mol. The Morgan fingerprint density at radius 3 is 2.55 bits per heavy atom. The molecule has 20 heavy (non-hydrogen) atoms. The van der Waals surface area contributed by atoms with Crippen LogP contribution in [0.15, 0.2) is 23.1 Å². The van der Waals surface area contributed by atoms with E-state index in [4.69, 9.17) is 5.11 Å². The van der Waals surface area contributed by atoms with Crippen LogP contribution in [0.1, 0.15) is 20.3 Å². The van der Waals surface area contributed by atoms with Crippen LogP contribution in [0, 0.1) is 11.6 Å². The predicted octanol–water partition coefficient (Wildman–Crippen LogP) is 2.43. The van der Waals surface area contributed by atoms with Crippen molar-refractivity contribution in [2.45, 2.75) is 30.7 Å². The van der Waals surface area contributed by atoms with Gasteiger partial charge in [0.25, 0.3) is 0 Å². The van der Waals surface area contributed by atoms with Crippen LogP contribution < -0.4 is 5.32 Å². The van der Waals surface area contributed by atoms with Crippen LogP contribution in [-0.2, 0) is 9.59 Å². The number of benzene rings is 1. The Morgan fingerprint density at radius 1 is 1.40 bits per heavy atom. The number of carbonyl (C=O) groups is 2. The van der Waals surface area contributed by atoms with E-state index in [0.29, 0.717) is 0 Å². The topological polar surface area (TPSA) is 66.4 Å². The van der Waals surface area contributed by atoms with E-state index in [1.807, 2.05) is 0 Å². The summed E-state index contributed by atoms with van der Waals surface area (Å²) < 4.78 is 26.1. The van der Waals surface area contributed by atoms with Gasteiger partial charge < -0.3 is 10.4 Å². The first-order chi connectivity index (χ1) is 9.28. The maximum Gasteiger partial charge on any atom is 0.329 e. The zero-order chi connectivity index (χ0) is 15.3. The van der Waals surface area contributed by atoms with Crippen LogP contribution in [0.4, 0.5) is 8.78 Å². The summed E-state index contributed by atoms with van der Waals surface area (Å²) in [5.74, 6) is -3.25. The molecule has 0 aliphatic heterocycles. The Hall–Kier alpha value is -1.63. The smallest absolute Gasteiger partial charge is 0.329 e. The van der Waals surface area contributed by atoms with Crippen molar-refractivity contribution in [3.8, 4) is 0 Å². The van der Waals surface area contributed by atoms with Gasteiger partial charge in [0.1, 0.15) is 17.2 Å². The largest absolute Gasteiger partial charge is 0.480 e. The lowest BCUT2D eigenvalue weighted by Crippen LogP contribution is -2.52. The van der Waals surface area contributed by atoms with Crippen LogP contribution in [0.2, 0.25) is 0 Å². The predicted molar refractivity (Wildman–Crippen MR) is 71.6 cm³/mol. The van der Waals surface area contributed by atoms with Crippen molar-refractivity contribution >= 4 is 23.6 Å². The molecule has 0 fully saturated rings. The molecule has 1 atom stereocenters. The van der Waals surface area contributed by atoms with Crippen molar-refractivity contribution in [1.82, 2.24) is 5.32 Å². The number of carbonyl (C=O) groups excluding carboxylic acids is 1. The Labute approximate surface area is 119 Å². The van der Waals surface area contributed by atoms with Gasteiger partial charge in [-0.25, -0.2) is 13.6 Å². The second kappa shape index (κ2) is 6.69. The van der Waals surface area contributed by atoms with E-state index in [2.05, 4.69) is 5.32 Å². The molecule has 4 nitrogen and oxygen atoms in total. The lowest BCUT2D eigenvalue weighted by atomic mass is 9.99. The van der Waals surface area contributed by atoms with Gasteiger partial charge in [0.2, 0.25) is 5.91 Å². The molecule has 0 heterocycles. The average Bonchev–Trinajstić information content (AvgIpc) is 2.37. The van der Waals surface area contributed by atoms with Gasteiger partial charge in [-0.05, 0) is 25.5 Å². The van der Waals surface area contributed by atoms with E-state index in [1.54, 1.807) is 6.92 Å². The summed E-state index contributed by atoms with van der Waals surface area (Å²) in [4.78, 5) is 22.8. The summed E-state index contributed by atoms with van der Waals surface area (Å²) in [7, 11) is 0.